The van der Waals surface area contributed by atoms with Crippen molar-refractivity contribution in [1.29, 1.82) is 0 Å². The van der Waals surface area contributed by atoms with Crippen LogP contribution in [0.15, 0.2) is 18.3 Å². The minimum absolute atomic E-state index is 0.0731. The number of nitrogens with one attached hydrogen (secondary N) is 1. The average molecular weight is 275 g/mol. The fourth-order valence-corrected chi connectivity index (χ4v) is 2.24. The molecule has 0 aliphatic carbocycles. The molecule has 5 heteroatoms. The van der Waals surface area contributed by atoms with E-state index in [2.05, 4.69) is 10.3 Å². The molecule has 1 amide bonds. The van der Waals surface area contributed by atoms with Crippen molar-refractivity contribution < 1.29 is 9.53 Å². The lowest BCUT2D eigenvalue weighted by molar-refractivity contribution is 0.0941. The van der Waals surface area contributed by atoms with Crippen LogP contribution in [0.5, 0.6) is 0 Å². The summed E-state index contributed by atoms with van der Waals surface area (Å²) in [4.78, 5) is 16.9. The topological polar surface area (TPSA) is 55.6 Å². The van der Waals surface area contributed by atoms with E-state index in [0.29, 0.717) is 18.8 Å². The summed E-state index contributed by atoms with van der Waals surface area (Å²) in [7, 11) is 1.66. The van der Waals surface area contributed by atoms with Gasteiger partial charge in [-0.2, -0.15) is 0 Å². The Morgan fingerprint density at radius 1 is 1.50 bits per heavy atom. The van der Waals surface area contributed by atoms with Crippen LogP contribution < -0.4 is 5.32 Å². The summed E-state index contributed by atoms with van der Waals surface area (Å²) in [5.41, 5.74) is 3.40. The van der Waals surface area contributed by atoms with Crippen molar-refractivity contribution in [1.82, 2.24) is 14.7 Å². The zero-order valence-corrected chi connectivity index (χ0v) is 12.3. The molecule has 0 atom stereocenters. The van der Waals surface area contributed by atoms with Gasteiger partial charge in [-0.3, -0.25) is 9.20 Å². The SMILES string of the molecule is CCc1nc2c(C)cccn2c1C(=O)NCCCOC. The van der Waals surface area contributed by atoms with Crippen LogP contribution in [0.3, 0.4) is 0 Å². The van der Waals surface area contributed by atoms with Gasteiger partial charge in [0.25, 0.3) is 5.91 Å². The first-order valence-corrected chi connectivity index (χ1v) is 6.92. The normalized spacial score (nSPS) is 10.9. The van der Waals surface area contributed by atoms with E-state index in [4.69, 9.17) is 4.74 Å². The van der Waals surface area contributed by atoms with Crippen LogP contribution in [0, 0.1) is 6.92 Å². The lowest BCUT2D eigenvalue weighted by atomic mass is 10.2. The van der Waals surface area contributed by atoms with Gasteiger partial charge in [-0.25, -0.2) is 4.98 Å². The third-order valence-electron chi connectivity index (χ3n) is 3.28. The van der Waals surface area contributed by atoms with Crippen molar-refractivity contribution in [3.05, 3.63) is 35.3 Å². The van der Waals surface area contributed by atoms with Crippen LogP contribution in [0.25, 0.3) is 5.65 Å². The van der Waals surface area contributed by atoms with E-state index < -0.39 is 0 Å². The Hall–Kier alpha value is -1.88. The van der Waals surface area contributed by atoms with E-state index in [1.807, 2.05) is 36.6 Å². The molecular weight excluding hydrogens is 254 g/mol. The van der Waals surface area contributed by atoms with Crippen LogP contribution >= 0.6 is 0 Å². The average Bonchev–Trinajstić information content (AvgIpc) is 2.83. The first-order valence-electron chi connectivity index (χ1n) is 6.92. The second kappa shape index (κ2) is 6.52. The zero-order valence-electron chi connectivity index (χ0n) is 12.3. The van der Waals surface area contributed by atoms with E-state index in [0.717, 1.165) is 29.7 Å². The Bertz CT molecular complexity index is 604. The summed E-state index contributed by atoms with van der Waals surface area (Å²) in [5.74, 6) is -0.0731. The Morgan fingerprint density at radius 3 is 3.00 bits per heavy atom. The molecule has 108 valence electrons. The van der Waals surface area contributed by atoms with Crippen LogP contribution in [0.2, 0.25) is 0 Å². The number of fused-ring (bicyclic) bond motifs is 1. The lowest BCUT2D eigenvalue weighted by Gasteiger charge is -2.06. The second-order valence-electron chi connectivity index (χ2n) is 4.75. The van der Waals surface area contributed by atoms with E-state index in [1.165, 1.54) is 0 Å². The molecule has 20 heavy (non-hydrogen) atoms. The molecule has 2 aromatic rings. The van der Waals surface area contributed by atoms with Gasteiger partial charge < -0.3 is 10.1 Å². The van der Waals surface area contributed by atoms with Crippen molar-refractivity contribution in [3.63, 3.8) is 0 Å². The molecule has 0 aliphatic heterocycles. The van der Waals surface area contributed by atoms with Gasteiger partial charge >= 0.3 is 0 Å². The molecule has 0 bridgehead atoms. The minimum Gasteiger partial charge on any atom is -0.385 e. The smallest absolute Gasteiger partial charge is 0.270 e. The standard InChI is InChI=1S/C15H21N3O2/c1-4-12-13(15(19)16-8-6-10-20-3)18-9-5-7-11(2)14(18)17-12/h5,7,9H,4,6,8,10H2,1-3H3,(H,16,19). The number of aromatic nitrogens is 2. The molecule has 0 aromatic carbocycles. The second-order valence-corrected chi connectivity index (χ2v) is 4.75. The van der Waals surface area contributed by atoms with Crippen molar-refractivity contribution in [2.75, 3.05) is 20.3 Å². The van der Waals surface area contributed by atoms with Crippen molar-refractivity contribution >= 4 is 11.6 Å². The zero-order chi connectivity index (χ0) is 14.5. The van der Waals surface area contributed by atoms with Crippen LogP contribution in [-0.2, 0) is 11.2 Å². The maximum absolute atomic E-state index is 12.4. The molecule has 0 fully saturated rings. The summed E-state index contributed by atoms with van der Waals surface area (Å²) >= 11 is 0. The molecule has 0 radical (unpaired) electrons. The highest BCUT2D eigenvalue weighted by Gasteiger charge is 2.18. The van der Waals surface area contributed by atoms with Gasteiger partial charge in [0.15, 0.2) is 0 Å². The summed E-state index contributed by atoms with van der Waals surface area (Å²) in [6, 6.07) is 3.94. The van der Waals surface area contributed by atoms with Gasteiger partial charge in [0.2, 0.25) is 0 Å². The summed E-state index contributed by atoms with van der Waals surface area (Å²) in [6.45, 7) is 5.27. The summed E-state index contributed by atoms with van der Waals surface area (Å²) in [5, 5.41) is 2.93. The van der Waals surface area contributed by atoms with Gasteiger partial charge in [-0.1, -0.05) is 13.0 Å². The Balaban J connectivity index is 2.28. The van der Waals surface area contributed by atoms with Gasteiger partial charge in [0.1, 0.15) is 11.3 Å². The van der Waals surface area contributed by atoms with Gasteiger partial charge in [-0.15, -0.1) is 0 Å². The van der Waals surface area contributed by atoms with E-state index in [1.54, 1.807) is 7.11 Å². The number of nitrogens with zero attached hydrogens (tertiary/aromatic N) is 2. The molecule has 0 saturated heterocycles. The fourth-order valence-electron chi connectivity index (χ4n) is 2.24. The molecule has 2 aromatic heterocycles. The number of carbonyl (C=O) groups is 1. The molecule has 0 aliphatic rings. The number of ether oxygens (including phenoxy) is 1. The predicted octanol–water partition coefficient (Wildman–Crippen LogP) is 1.97. The third-order valence-corrected chi connectivity index (χ3v) is 3.28. The highest BCUT2D eigenvalue weighted by atomic mass is 16.5. The monoisotopic (exact) mass is 275 g/mol. The summed E-state index contributed by atoms with van der Waals surface area (Å²) in [6.07, 6.45) is 3.43. The molecular formula is C15H21N3O2. The highest BCUT2D eigenvalue weighted by molar-refractivity contribution is 5.94. The number of hydrogen-bond donors (Lipinski definition) is 1. The third kappa shape index (κ3) is 2.82. The number of hydrogen-bond acceptors (Lipinski definition) is 3. The van der Waals surface area contributed by atoms with Gasteiger partial charge in [-0.05, 0) is 31.4 Å². The number of aryl methyl sites for hydroxylation is 2. The van der Waals surface area contributed by atoms with Crippen molar-refractivity contribution in [3.8, 4) is 0 Å². The molecule has 0 saturated carbocycles. The van der Waals surface area contributed by atoms with Gasteiger partial charge in [0.05, 0.1) is 5.69 Å². The minimum atomic E-state index is -0.0731. The van der Waals surface area contributed by atoms with Crippen LogP contribution in [0.1, 0.15) is 35.1 Å². The Labute approximate surface area is 119 Å². The quantitative estimate of drug-likeness (QED) is 0.820. The molecule has 0 spiro atoms. The van der Waals surface area contributed by atoms with E-state index in [9.17, 15) is 4.79 Å². The van der Waals surface area contributed by atoms with Crippen LogP contribution in [-0.4, -0.2) is 35.6 Å². The number of rotatable bonds is 6. The summed E-state index contributed by atoms with van der Waals surface area (Å²) < 4.78 is 6.85. The van der Waals surface area contributed by atoms with Gasteiger partial charge in [0, 0.05) is 26.5 Å². The molecule has 2 rings (SSSR count). The fraction of sp³-hybridized carbons (Fsp3) is 0.467. The van der Waals surface area contributed by atoms with E-state index in [-0.39, 0.29) is 5.91 Å². The van der Waals surface area contributed by atoms with Crippen molar-refractivity contribution in [2.45, 2.75) is 26.7 Å². The predicted molar refractivity (Wildman–Crippen MR) is 78.1 cm³/mol. The number of methoxy groups -OCH3 is 1. The largest absolute Gasteiger partial charge is 0.385 e. The lowest BCUT2D eigenvalue weighted by Crippen LogP contribution is -2.27. The van der Waals surface area contributed by atoms with Crippen LogP contribution in [0.4, 0.5) is 0 Å². The van der Waals surface area contributed by atoms with Crippen molar-refractivity contribution in [2.24, 2.45) is 0 Å². The first kappa shape index (κ1) is 14.5. The molecule has 0 unspecified atom stereocenters. The molecule has 5 nitrogen and oxygen atoms in total. The Morgan fingerprint density at radius 2 is 2.30 bits per heavy atom. The Kier molecular flexibility index (Phi) is 4.74. The maximum atomic E-state index is 12.4. The number of imidazole rings is 1. The number of amides is 1. The number of pyridine rings is 1. The maximum Gasteiger partial charge on any atom is 0.270 e. The molecule has 1 N–H and O–H groups in total. The van der Waals surface area contributed by atoms with E-state index >= 15 is 0 Å². The first-order chi connectivity index (χ1) is 9.69. The number of carbonyl (C=O) groups excluding carboxylic acids is 1. The molecule has 2 heterocycles. The highest BCUT2D eigenvalue weighted by Crippen LogP contribution is 2.16.